The minimum Gasteiger partial charge on any atom is -0.480 e. The summed E-state index contributed by atoms with van der Waals surface area (Å²) in [5, 5.41) is 14.2. The molecule has 2 aromatic rings. The molecule has 0 saturated heterocycles. The molecule has 0 aliphatic carbocycles. The van der Waals surface area contributed by atoms with E-state index in [4.69, 9.17) is 4.74 Å². The summed E-state index contributed by atoms with van der Waals surface area (Å²) in [5.41, 5.74) is 2.45. The van der Waals surface area contributed by atoms with E-state index in [1.54, 1.807) is 25.3 Å². The lowest BCUT2D eigenvalue weighted by Gasteiger charge is -2.08. The zero-order chi connectivity index (χ0) is 15.2. The molecule has 2 rings (SSSR count). The van der Waals surface area contributed by atoms with Crippen molar-refractivity contribution < 1.29 is 9.66 Å². The second-order valence-electron chi connectivity index (χ2n) is 4.58. The van der Waals surface area contributed by atoms with Crippen LogP contribution in [-0.4, -0.2) is 16.5 Å². The van der Waals surface area contributed by atoms with Crippen LogP contribution < -0.4 is 10.1 Å². The Morgan fingerprint density at radius 1 is 1.33 bits per heavy atom. The molecule has 21 heavy (non-hydrogen) atoms. The highest BCUT2D eigenvalue weighted by atomic mass is 16.6. The predicted molar refractivity (Wildman–Crippen MR) is 80.6 cm³/mol. The van der Waals surface area contributed by atoms with Gasteiger partial charge in [-0.25, -0.2) is 0 Å². The lowest BCUT2D eigenvalue weighted by atomic mass is 10.2. The predicted octanol–water partition coefficient (Wildman–Crippen LogP) is 3.31. The van der Waals surface area contributed by atoms with Crippen LogP contribution in [0.3, 0.4) is 0 Å². The first-order valence-corrected chi connectivity index (χ1v) is 6.66. The second-order valence-corrected chi connectivity index (χ2v) is 4.58. The molecule has 0 bridgehead atoms. The molecule has 1 N–H and O–H groups in total. The maximum atomic E-state index is 11.0. The van der Waals surface area contributed by atoms with Crippen molar-refractivity contribution in [3.8, 4) is 5.75 Å². The first-order chi connectivity index (χ1) is 10.1. The largest absolute Gasteiger partial charge is 0.480 e. The maximum Gasteiger partial charge on any atom is 0.311 e. The van der Waals surface area contributed by atoms with Gasteiger partial charge in [0.05, 0.1) is 10.6 Å². The van der Waals surface area contributed by atoms with Crippen LogP contribution in [-0.2, 0) is 6.61 Å². The first kappa shape index (κ1) is 14.8. The quantitative estimate of drug-likeness (QED) is 0.651. The molecule has 0 saturated carbocycles. The minimum atomic E-state index is -0.440. The van der Waals surface area contributed by atoms with Crippen molar-refractivity contribution in [1.82, 2.24) is 4.98 Å². The van der Waals surface area contributed by atoms with Crippen LogP contribution in [0.4, 0.5) is 11.4 Å². The van der Waals surface area contributed by atoms with E-state index in [-0.39, 0.29) is 18.0 Å². The number of ether oxygens (including phenoxy) is 1. The smallest absolute Gasteiger partial charge is 0.311 e. The van der Waals surface area contributed by atoms with Crippen LogP contribution in [0.5, 0.6) is 5.75 Å². The Morgan fingerprint density at radius 3 is 2.86 bits per heavy atom. The van der Waals surface area contributed by atoms with Gasteiger partial charge in [-0.2, -0.15) is 0 Å². The summed E-state index contributed by atoms with van der Waals surface area (Å²) in [6.07, 6.45) is 1.68. The minimum absolute atomic E-state index is 0.0298. The molecule has 0 fully saturated rings. The molecule has 0 amide bonds. The van der Waals surface area contributed by atoms with Gasteiger partial charge in [0.2, 0.25) is 0 Å². The molecule has 1 aromatic carbocycles. The summed E-state index contributed by atoms with van der Waals surface area (Å²) in [7, 11) is 0. The topological polar surface area (TPSA) is 77.3 Å². The number of hydrogen-bond acceptors (Lipinski definition) is 5. The number of pyridine rings is 1. The highest BCUT2D eigenvalue weighted by Crippen LogP contribution is 2.28. The molecular weight excluding hydrogens is 270 g/mol. The van der Waals surface area contributed by atoms with Crippen LogP contribution in [0, 0.1) is 17.0 Å². The van der Waals surface area contributed by atoms with Crippen LogP contribution >= 0.6 is 0 Å². The van der Waals surface area contributed by atoms with Gasteiger partial charge < -0.3 is 10.1 Å². The zero-order valence-electron chi connectivity index (χ0n) is 12.0. The van der Waals surface area contributed by atoms with Crippen molar-refractivity contribution in [2.75, 3.05) is 11.9 Å². The Labute approximate surface area is 122 Å². The van der Waals surface area contributed by atoms with Gasteiger partial charge in [-0.05, 0) is 37.6 Å². The SMILES string of the molecule is CCNc1ccnc(COc2ccc(C)cc2[N+](=O)[O-])c1. The molecule has 1 heterocycles. The monoisotopic (exact) mass is 287 g/mol. The van der Waals surface area contributed by atoms with E-state index in [9.17, 15) is 10.1 Å². The second kappa shape index (κ2) is 6.69. The maximum absolute atomic E-state index is 11.0. The average molecular weight is 287 g/mol. The van der Waals surface area contributed by atoms with Crippen LogP contribution in [0.15, 0.2) is 36.5 Å². The molecule has 0 spiro atoms. The van der Waals surface area contributed by atoms with Gasteiger partial charge in [0.15, 0.2) is 5.75 Å². The highest BCUT2D eigenvalue weighted by Gasteiger charge is 2.15. The number of nitrogens with zero attached hydrogens (tertiary/aromatic N) is 2. The van der Waals surface area contributed by atoms with E-state index < -0.39 is 4.92 Å². The molecule has 0 aliphatic heterocycles. The molecule has 1 aromatic heterocycles. The summed E-state index contributed by atoms with van der Waals surface area (Å²) < 4.78 is 5.54. The fourth-order valence-electron chi connectivity index (χ4n) is 1.92. The lowest BCUT2D eigenvalue weighted by molar-refractivity contribution is -0.386. The highest BCUT2D eigenvalue weighted by molar-refractivity contribution is 5.48. The Morgan fingerprint density at radius 2 is 2.14 bits per heavy atom. The number of aromatic nitrogens is 1. The molecule has 110 valence electrons. The summed E-state index contributed by atoms with van der Waals surface area (Å²) in [6, 6.07) is 8.62. The van der Waals surface area contributed by atoms with Crippen molar-refractivity contribution in [2.24, 2.45) is 0 Å². The summed E-state index contributed by atoms with van der Waals surface area (Å²) in [5.74, 6) is 0.251. The standard InChI is InChI=1S/C15H17N3O3/c1-3-16-12-6-7-17-13(9-12)10-21-15-5-4-11(2)8-14(15)18(19)20/h4-9H,3,10H2,1-2H3,(H,16,17). The third kappa shape index (κ3) is 3.92. The van der Waals surface area contributed by atoms with E-state index in [1.807, 2.05) is 19.1 Å². The molecular formula is C15H17N3O3. The van der Waals surface area contributed by atoms with Gasteiger partial charge in [-0.15, -0.1) is 0 Å². The number of aryl methyl sites for hydroxylation is 1. The lowest BCUT2D eigenvalue weighted by Crippen LogP contribution is -2.03. The number of anilines is 1. The van der Waals surface area contributed by atoms with Crippen LogP contribution in [0.2, 0.25) is 0 Å². The Bertz CT molecular complexity index is 644. The molecule has 0 unspecified atom stereocenters. The normalized spacial score (nSPS) is 10.2. The molecule has 0 atom stereocenters. The van der Waals surface area contributed by atoms with E-state index in [0.717, 1.165) is 17.8 Å². The van der Waals surface area contributed by atoms with Gasteiger partial charge in [0.1, 0.15) is 6.61 Å². The van der Waals surface area contributed by atoms with Crippen molar-refractivity contribution in [1.29, 1.82) is 0 Å². The van der Waals surface area contributed by atoms with E-state index in [2.05, 4.69) is 10.3 Å². The van der Waals surface area contributed by atoms with Gasteiger partial charge in [0, 0.05) is 24.5 Å². The third-order valence-electron chi connectivity index (χ3n) is 2.88. The molecule has 6 heteroatoms. The average Bonchev–Trinajstić information content (AvgIpc) is 2.46. The summed E-state index contributed by atoms with van der Waals surface area (Å²) in [4.78, 5) is 14.8. The Hall–Kier alpha value is -2.63. The van der Waals surface area contributed by atoms with Gasteiger partial charge in [0.25, 0.3) is 0 Å². The van der Waals surface area contributed by atoms with Gasteiger partial charge in [-0.3, -0.25) is 15.1 Å². The van der Waals surface area contributed by atoms with Gasteiger partial charge >= 0.3 is 5.69 Å². The first-order valence-electron chi connectivity index (χ1n) is 6.66. The van der Waals surface area contributed by atoms with Crippen LogP contribution in [0.1, 0.15) is 18.2 Å². The van der Waals surface area contributed by atoms with Crippen molar-refractivity contribution in [3.63, 3.8) is 0 Å². The third-order valence-corrected chi connectivity index (χ3v) is 2.88. The molecule has 0 radical (unpaired) electrons. The fraction of sp³-hybridized carbons (Fsp3) is 0.267. The van der Waals surface area contributed by atoms with Crippen molar-refractivity contribution in [3.05, 3.63) is 57.9 Å². The van der Waals surface area contributed by atoms with Crippen molar-refractivity contribution in [2.45, 2.75) is 20.5 Å². The summed E-state index contributed by atoms with van der Waals surface area (Å²) >= 11 is 0. The van der Waals surface area contributed by atoms with E-state index in [0.29, 0.717) is 5.69 Å². The molecule has 0 aliphatic rings. The number of nitro benzene ring substituents is 1. The number of hydrogen-bond donors (Lipinski definition) is 1. The number of nitrogens with one attached hydrogen (secondary N) is 1. The number of benzene rings is 1. The van der Waals surface area contributed by atoms with Crippen LogP contribution in [0.25, 0.3) is 0 Å². The molecule has 6 nitrogen and oxygen atoms in total. The van der Waals surface area contributed by atoms with Gasteiger partial charge in [-0.1, -0.05) is 6.07 Å². The van der Waals surface area contributed by atoms with E-state index in [1.165, 1.54) is 6.07 Å². The fourth-order valence-corrected chi connectivity index (χ4v) is 1.92. The Kier molecular flexibility index (Phi) is 4.71. The van der Waals surface area contributed by atoms with E-state index >= 15 is 0 Å². The number of nitro groups is 1. The summed E-state index contributed by atoms with van der Waals surface area (Å²) in [6.45, 7) is 4.81. The van der Waals surface area contributed by atoms with Crippen molar-refractivity contribution >= 4 is 11.4 Å². The number of rotatable bonds is 6. The Balaban J connectivity index is 2.13. The zero-order valence-corrected chi connectivity index (χ0v) is 12.0.